The van der Waals surface area contributed by atoms with Crippen molar-refractivity contribution in [3.63, 3.8) is 0 Å². The van der Waals surface area contributed by atoms with Crippen LogP contribution in [0.25, 0.3) is 76.9 Å². The zero-order valence-electron chi connectivity index (χ0n) is 26.5. The molecule has 0 aliphatic carbocycles. The SMILES string of the molecule is c1ccc(-c2ccc(-c3ccc(N(c4cccc5c4oc4c6ccccc6ccc54)c4cccc5oc6ccccc6c45)cc3)cc2)cc1. The maximum Gasteiger partial charge on any atom is 0.159 e. The van der Waals surface area contributed by atoms with Crippen LogP contribution in [0.5, 0.6) is 0 Å². The summed E-state index contributed by atoms with van der Waals surface area (Å²) in [6.07, 6.45) is 0. The van der Waals surface area contributed by atoms with Crippen molar-refractivity contribution in [2.24, 2.45) is 0 Å². The molecule has 0 bridgehead atoms. The molecule has 0 saturated heterocycles. The van der Waals surface area contributed by atoms with Gasteiger partial charge in [0.1, 0.15) is 16.7 Å². The molecule has 0 fully saturated rings. The number of furan rings is 2. The van der Waals surface area contributed by atoms with Gasteiger partial charge >= 0.3 is 0 Å². The van der Waals surface area contributed by atoms with Gasteiger partial charge in [-0.25, -0.2) is 0 Å². The second-order valence-electron chi connectivity index (χ2n) is 12.5. The summed E-state index contributed by atoms with van der Waals surface area (Å²) in [6.45, 7) is 0. The molecule has 0 unspecified atom stereocenters. The first-order valence-corrected chi connectivity index (χ1v) is 16.6. The van der Waals surface area contributed by atoms with Crippen molar-refractivity contribution < 1.29 is 8.83 Å². The first-order chi connectivity index (χ1) is 24.3. The Morgan fingerprint density at radius 3 is 1.69 bits per heavy atom. The predicted molar refractivity (Wildman–Crippen MR) is 204 cm³/mol. The summed E-state index contributed by atoms with van der Waals surface area (Å²) >= 11 is 0. The Bertz CT molecular complexity index is 2810. The van der Waals surface area contributed by atoms with E-state index >= 15 is 0 Å². The lowest BCUT2D eigenvalue weighted by molar-refractivity contribution is 0.668. The predicted octanol–water partition coefficient (Wildman–Crippen LogP) is 13.4. The third kappa shape index (κ3) is 4.44. The maximum atomic E-state index is 6.88. The summed E-state index contributed by atoms with van der Waals surface area (Å²) in [5.41, 5.74) is 11.2. The van der Waals surface area contributed by atoms with Crippen LogP contribution < -0.4 is 4.90 Å². The lowest BCUT2D eigenvalue weighted by atomic mass is 10.00. The van der Waals surface area contributed by atoms with E-state index in [0.717, 1.165) is 77.3 Å². The number of anilines is 3. The monoisotopic (exact) mass is 627 g/mol. The van der Waals surface area contributed by atoms with E-state index in [-0.39, 0.29) is 0 Å². The minimum Gasteiger partial charge on any atom is -0.456 e. The average Bonchev–Trinajstić information content (AvgIpc) is 3.76. The quantitative estimate of drug-likeness (QED) is 0.190. The number of para-hydroxylation sites is 2. The Morgan fingerprint density at radius 1 is 0.327 bits per heavy atom. The van der Waals surface area contributed by atoms with Crippen LogP contribution in [0.1, 0.15) is 0 Å². The maximum absolute atomic E-state index is 6.88. The summed E-state index contributed by atoms with van der Waals surface area (Å²) in [5.74, 6) is 0. The lowest BCUT2D eigenvalue weighted by Gasteiger charge is -2.26. The van der Waals surface area contributed by atoms with Crippen molar-refractivity contribution in [1.82, 2.24) is 0 Å². The molecule has 0 amide bonds. The van der Waals surface area contributed by atoms with Crippen molar-refractivity contribution in [3.8, 4) is 22.3 Å². The highest BCUT2D eigenvalue weighted by atomic mass is 16.3. The van der Waals surface area contributed by atoms with Crippen molar-refractivity contribution >= 4 is 71.7 Å². The largest absolute Gasteiger partial charge is 0.456 e. The zero-order valence-corrected chi connectivity index (χ0v) is 26.5. The van der Waals surface area contributed by atoms with Crippen molar-refractivity contribution in [3.05, 3.63) is 176 Å². The van der Waals surface area contributed by atoms with Gasteiger partial charge in [0.2, 0.25) is 0 Å². The first-order valence-electron chi connectivity index (χ1n) is 16.6. The highest BCUT2D eigenvalue weighted by Gasteiger charge is 2.23. The van der Waals surface area contributed by atoms with E-state index in [2.05, 4.69) is 163 Å². The number of nitrogens with zero attached hydrogens (tertiary/aromatic N) is 1. The molecule has 49 heavy (non-hydrogen) atoms. The van der Waals surface area contributed by atoms with Crippen LogP contribution in [0.15, 0.2) is 185 Å². The Kier molecular flexibility index (Phi) is 6.18. The van der Waals surface area contributed by atoms with Crippen LogP contribution in [0.3, 0.4) is 0 Å². The van der Waals surface area contributed by atoms with E-state index in [1.54, 1.807) is 0 Å². The second-order valence-corrected chi connectivity index (χ2v) is 12.5. The molecule has 0 radical (unpaired) electrons. The van der Waals surface area contributed by atoms with Crippen LogP contribution in [0.2, 0.25) is 0 Å². The summed E-state index contributed by atoms with van der Waals surface area (Å²) in [4.78, 5) is 2.32. The highest BCUT2D eigenvalue weighted by molar-refractivity contribution is 6.19. The molecule has 10 aromatic rings. The van der Waals surface area contributed by atoms with Gasteiger partial charge in [-0.05, 0) is 70.1 Å². The van der Waals surface area contributed by atoms with Crippen LogP contribution in [0, 0.1) is 0 Å². The molecule has 0 aliphatic heterocycles. The highest BCUT2D eigenvalue weighted by Crippen LogP contribution is 2.47. The topological polar surface area (TPSA) is 29.5 Å². The van der Waals surface area contributed by atoms with Gasteiger partial charge in [0.05, 0.1) is 16.8 Å². The van der Waals surface area contributed by atoms with Crippen molar-refractivity contribution in [1.29, 1.82) is 0 Å². The van der Waals surface area contributed by atoms with Gasteiger partial charge in [-0.1, -0.05) is 133 Å². The van der Waals surface area contributed by atoms with Gasteiger partial charge in [0, 0.05) is 27.2 Å². The zero-order chi connectivity index (χ0) is 32.3. The fraction of sp³-hybridized carbons (Fsp3) is 0. The molecule has 0 atom stereocenters. The lowest BCUT2D eigenvalue weighted by Crippen LogP contribution is -2.10. The molecule has 10 rings (SSSR count). The van der Waals surface area contributed by atoms with E-state index in [1.807, 2.05) is 18.2 Å². The third-order valence-electron chi connectivity index (χ3n) is 9.68. The smallest absolute Gasteiger partial charge is 0.159 e. The standard InChI is InChI=1S/C46H29NO2/c1-2-10-30(11-3-1)31-20-22-32(23-21-31)33-24-27-35(28-25-33)47(40-16-9-19-43-44(40)39-14-6-7-18-42(39)48-43)41-17-8-15-37-38-29-26-34-12-4-5-13-36(34)45(38)49-46(37)41/h1-29H. The minimum atomic E-state index is 0.847. The molecule has 8 aromatic carbocycles. The fourth-order valence-corrected chi connectivity index (χ4v) is 7.33. The second kappa shape index (κ2) is 11.0. The number of fused-ring (bicyclic) bond motifs is 8. The molecule has 0 aliphatic rings. The number of rotatable bonds is 5. The van der Waals surface area contributed by atoms with Crippen LogP contribution >= 0.6 is 0 Å². The fourth-order valence-electron chi connectivity index (χ4n) is 7.33. The number of hydrogen-bond acceptors (Lipinski definition) is 3. The molecule has 230 valence electrons. The summed E-state index contributed by atoms with van der Waals surface area (Å²) in [7, 11) is 0. The van der Waals surface area contributed by atoms with Gasteiger partial charge in [-0.2, -0.15) is 0 Å². The van der Waals surface area contributed by atoms with Crippen molar-refractivity contribution in [2.75, 3.05) is 4.90 Å². The van der Waals surface area contributed by atoms with E-state index < -0.39 is 0 Å². The normalized spacial score (nSPS) is 11.7. The van der Waals surface area contributed by atoms with Gasteiger partial charge in [0.25, 0.3) is 0 Å². The average molecular weight is 628 g/mol. The molecular formula is C46H29NO2. The summed E-state index contributed by atoms with van der Waals surface area (Å²) in [6, 6.07) is 61.9. The van der Waals surface area contributed by atoms with Gasteiger partial charge in [0.15, 0.2) is 5.58 Å². The Labute approximate surface area is 282 Å². The molecule has 0 spiro atoms. The minimum absolute atomic E-state index is 0.847. The molecule has 2 heterocycles. The molecule has 0 saturated carbocycles. The number of hydrogen-bond donors (Lipinski definition) is 0. The molecule has 0 N–H and O–H groups in total. The van der Waals surface area contributed by atoms with Crippen LogP contribution in [-0.4, -0.2) is 0 Å². The third-order valence-corrected chi connectivity index (χ3v) is 9.68. The van der Waals surface area contributed by atoms with E-state index in [9.17, 15) is 0 Å². The summed E-state index contributed by atoms with van der Waals surface area (Å²) < 4.78 is 13.2. The molecular weight excluding hydrogens is 599 g/mol. The van der Waals surface area contributed by atoms with Gasteiger partial charge in [-0.3, -0.25) is 0 Å². The Balaban J connectivity index is 1.17. The Morgan fingerprint density at radius 2 is 0.898 bits per heavy atom. The van der Waals surface area contributed by atoms with Crippen LogP contribution in [0.4, 0.5) is 17.1 Å². The Hall–Kier alpha value is -6.58. The van der Waals surface area contributed by atoms with Gasteiger partial charge in [-0.15, -0.1) is 0 Å². The van der Waals surface area contributed by atoms with Gasteiger partial charge < -0.3 is 13.7 Å². The van der Waals surface area contributed by atoms with Crippen molar-refractivity contribution in [2.45, 2.75) is 0 Å². The molecule has 3 heteroatoms. The van der Waals surface area contributed by atoms with E-state index in [1.165, 1.54) is 16.7 Å². The summed E-state index contributed by atoms with van der Waals surface area (Å²) in [5, 5.41) is 6.61. The van der Waals surface area contributed by atoms with E-state index in [4.69, 9.17) is 8.83 Å². The first kappa shape index (κ1) is 27.5. The van der Waals surface area contributed by atoms with Crippen LogP contribution in [-0.2, 0) is 0 Å². The number of benzene rings is 8. The molecule has 3 nitrogen and oxygen atoms in total. The molecule has 2 aromatic heterocycles. The van der Waals surface area contributed by atoms with E-state index in [0.29, 0.717) is 0 Å².